The van der Waals surface area contributed by atoms with Gasteiger partial charge < -0.3 is 9.47 Å². The average molecular weight is 266 g/mol. The molecule has 0 aromatic rings. The van der Waals surface area contributed by atoms with E-state index in [1.165, 1.54) is 0 Å². The highest BCUT2D eigenvalue weighted by atomic mass is 17.7. The zero-order valence-electron chi connectivity index (χ0n) is 10.8. The maximum atomic E-state index is 10.8. The number of hydrogen-bond acceptors (Lipinski definition) is 8. The van der Waals surface area contributed by atoms with Crippen LogP contribution in [-0.4, -0.2) is 25.5 Å². The summed E-state index contributed by atoms with van der Waals surface area (Å²) in [6.45, 7) is 7.72. The van der Waals surface area contributed by atoms with Crippen LogP contribution in [0.3, 0.4) is 0 Å². The Bertz CT molecular complexity index is 224. The smallest absolute Gasteiger partial charge is 0.432 e. The Hall–Kier alpha value is -1.54. The summed E-state index contributed by atoms with van der Waals surface area (Å²) in [5, 5.41) is 7.62. The highest BCUT2D eigenvalue weighted by Crippen LogP contribution is 1.98. The van der Waals surface area contributed by atoms with Gasteiger partial charge in [-0.05, 0) is 11.8 Å². The molecule has 0 unspecified atom stereocenters. The van der Waals surface area contributed by atoms with E-state index < -0.39 is 12.3 Å². The summed E-state index contributed by atoms with van der Waals surface area (Å²) in [5.41, 5.74) is 0. The minimum absolute atomic E-state index is 0.153. The van der Waals surface area contributed by atoms with Crippen LogP contribution in [0.4, 0.5) is 9.59 Å². The fourth-order valence-electron chi connectivity index (χ4n) is 0.601. The fraction of sp³-hybridized carbons (Fsp3) is 0.800. The molecule has 0 aromatic heterocycles. The minimum Gasteiger partial charge on any atom is -0.432 e. The van der Waals surface area contributed by atoms with Crippen molar-refractivity contribution >= 4 is 12.3 Å². The van der Waals surface area contributed by atoms with E-state index in [0.717, 1.165) is 0 Å². The predicted molar refractivity (Wildman–Crippen MR) is 56.7 cm³/mol. The van der Waals surface area contributed by atoms with Crippen molar-refractivity contribution < 1.29 is 38.9 Å². The Morgan fingerprint density at radius 2 is 1.11 bits per heavy atom. The quantitative estimate of drug-likeness (QED) is 0.300. The molecule has 0 fully saturated rings. The SMILES string of the molecule is CC(C)COC(=O)OOOOC(=O)OCC(C)C. The molecule has 0 radical (unpaired) electrons. The van der Waals surface area contributed by atoms with Crippen LogP contribution in [0.1, 0.15) is 27.7 Å². The van der Waals surface area contributed by atoms with Gasteiger partial charge in [-0.3, -0.25) is 0 Å². The van der Waals surface area contributed by atoms with E-state index in [2.05, 4.69) is 29.3 Å². The van der Waals surface area contributed by atoms with Crippen molar-refractivity contribution in [2.45, 2.75) is 27.7 Å². The number of carbonyl (C=O) groups excluding carboxylic acids is 2. The van der Waals surface area contributed by atoms with Crippen molar-refractivity contribution in [3.8, 4) is 0 Å². The zero-order valence-corrected chi connectivity index (χ0v) is 10.8. The summed E-state index contributed by atoms with van der Waals surface area (Å²) in [4.78, 5) is 29.5. The van der Waals surface area contributed by atoms with E-state index in [9.17, 15) is 9.59 Å². The molecule has 0 saturated carbocycles. The lowest BCUT2D eigenvalue weighted by atomic mass is 10.2. The average Bonchev–Trinajstić information content (AvgIpc) is 2.29. The molecule has 18 heavy (non-hydrogen) atoms. The molecule has 0 atom stereocenters. The van der Waals surface area contributed by atoms with Crippen molar-refractivity contribution in [1.29, 1.82) is 0 Å². The monoisotopic (exact) mass is 266 g/mol. The fourth-order valence-corrected chi connectivity index (χ4v) is 0.601. The van der Waals surface area contributed by atoms with E-state index >= 15 is 0 Å². The first-order valence-corrected chi connectivity index (χ1v) is 5.43. The van der Waals surface area contributed by atoms with E-state index in [1.54, 1.807) is 0 Å². The number of rotatable bonds is 7. The maximum Gasteiger partial charge on any atom is 0.542 e. The van der Waals surface area contributed by atoms with Crippen LogP contribution in [-0.2, 0) is 29.3 Å². The Morgan fingerprint density at radius 1 is 0.778 bits per heavy atom. The molecule has 0 aliphatic carbocycles. The maximum absolute atomic E-state index is 10.8. The zero-order chi connectivity index (χ0) is 14.0. The molecule has 0 rings (SSSR count). The summed E-state index contributed by atoms with van der Waals surface area (Å²) in [6.07, 6.45) is -2.22. The molecule has 106 valence electrons. The van der Waals surface area contributed by atoms with E-state index in [-0.39, 0.29) is 25.0 Å². The second-order valence-electron chi connectivity index (χ2n) is 4.21. The Balaban J connectivity index is 3.44. The van der Waals surface area contributed by atoms with Crippen LogP contribution in [0, 0.1) is 11.8 Å². The first-order valence-electron chi connectivity index (χ1n) is 5.43. The summed E-state index contributed by atoms with van der Waals surface area (Å²) in [6, 6.07) is 0. The summed E-state index contributed by atoms with van der Waals surface area (Å²) in [7, 11) is 0. The molecule has 0 saturated heterocycles. The van der Waals surface area contributed by atoms with Crippen molar-refractivity contribution in [1.82, 2.24) is 0 Å². The lowest BCUT2D eigenvalue weighted by Crippen LogP contribution is -2.15. The lowest BCUT2D eigenvalue weighted by molar-refractivity contribution is -0.601. The van der Waals surface area contributed by atoms with Gasteiger partial charge >= 0.3 is 12.3 Å². The predicted octanol–water partition coefficient (Wildman–Crippen LogP) is 2.38. The molecule has 0 aliphatic rings. The van der Waals surface area contributed by atoms with Crippen molar-refractivity contribution in [2.24, 2.45) is 11.8 Å². The number of hydrogen-bond donors (Lipinski definition) is 0. The van der Waals surface area contributed by atoms with E-state index in [4.69, 9.17) is 0 Å². The molecule has 0 aliphatic heterocycles. The third-order valence-electron chi connectivity index (χ3n) is 1.30. The highest BCUT2D eigenvalue weighted by molar-refractivity contribution is 5.59. The molecule has 0 heterocycles. The van der Waals surface area contributed by atoms with Crippen molar-refractivity contribution in [3.63, 3.8) is 0 Å². The molecular weight excluding hydrogens is 248 g/mol. The van der Waals surface area contributed by atoms with Gasteiger partial charge in [0.25, 0.3) is 0 Å². The van der Waals surface area contributed by atoms with Crippen molar-refractivity contribution in [3.05, 3.63) is 0 Å². The van der Waals surface area contributed by atoms with Crippen LogP contribution < -0.4 is 0 Å². The normalized spacial score (nSPS) is 10.3. The molecule has 0 N–H and O–H groups in total. The lowest BCUT2D eigenvalue weighted by Gasteiger charge is -2.06. The van der Waals surface area contributed by atoms with Gasteiger partial charge in [0.1, 0.15) is 0 Å². The second-order valence-corrected chi connectivity index (χ2v) is 4.21. The van der Waals surface area contributed by atoms with Gasteiger partial charge in [0.05, 0.1) is 13.2 Å². The molecule has 0 amide bonds. The third-order valence-corrected chi connectivity index (χ3v) is 1.30. The van der Waals surface area contributed by atoms with E-state index in [0.29, 0.717) is 0 Å². The first kappa shape index (κ1) is 16.5. The topological polar surface area (TPSA) is 89.5 Å². The van der Waals surface area contributed by atoms with Gasteiger partial charge in [-0.25, -0.2) is 19.4 Å². The number of ether oxygens (including phenoxy) is 2. The summed E-state index contributed by atoms with van der Waals surface area (Å²) < 4.78 is 9.10. The van der Waals surface area contributed by atoms with Gasteiger partial charge in [0.15, 0.2) is 0 Å². The molecule has 8 nitrogen and oxygen atoms in total. The van der Waals surface area contributed by atoms with Gasteiger partial charge in [-0.2, -0.15) is 0 Å². The minimum atomic E-state index is -1.11. The van der Waals surface area contributed by atoms with Gasteiger partial charge in [0.2, 0.25) is 0 Å². The molecule has 0 bridgehead atoms. The molecule has 0 spiro atoms. The number of carbonyl (C=O) groups is 2. The van der Waals surface area contributed by atoms with Crippen LogP contribution in [0.25, 0.3) is 0 Å². The van der Waals surface area contributed by atoms with Gasteiger partial charge in [-0.1, -0.05) is 27.7 Å². The molecule has 0 aromatic carbocycles. The third kappa shape index (κ3) is 11.0. The summed E-state index contributed by atoms with van der Waals surface area (Å²) >= 11 is 0. The molecular formula is C10H18O8. The van der Waals surface area contributed by atoms with Crippen LogP contribution >= 0.6 is 0 Å². The van der Waals surface area contributed by atoms with Crippen LogP contribution in [0.5, 0.6) is 0 Å². The van der Waals surface area contributed by atoms with Gasteiger partial charge in [0, 0.05) is 10.1 Å². The molecule has 8 heteroatoms. The van der Waals surface area contributed by atoms with Crippen LogP contribution in [0.2, 0.25) is 0 Å². The Kier molecular flexibility index (Phi) is 8.67. The largest absolute Gasteiger partial charge is 0.542 e. The second kappa shape index (κ2) is 9.49. The van der Waals surface area contributed by atoms with Gasteiger partial charge in [-0.15, -0.1) is 0 Å². The van der Waals surface area contributed by atoms with E-state index in [1.807, 2.05) is 27.7 Å². The Morgan fingerprint density at radius 3 is 1.39 bits per heavy atom. The Labute approximate surface area is 105 Å². The first-order chi connectivity index (χ1) is 8.41. The standard InChI is InChI=1S/C10H18O8/c1-7(2)5-13-9(11)15-17-18-16-10(12)14-6-8(3)4/h7-8H,5-6H2,1-4H3. The highest BCUT2D eigenvalue weighted by Gasteiger charge is 2.10. The van der Waals surface area contributed by atoms with Crippen LogP contribution in [0.15, 0.2) is 0 Å². The van der Waals surface area contributed by atoms with Crippen molar-refractivity contribution in [2.75, 3.05) is 13.2 Å². The summed E-state index contributed by atoms with van der Waals surface area (Å²) in [5.74, 6) is 0.307.